The van der Waals surface area contributed by atoms with E-state index in [0.717, 1.165) is 0 Å². The minimum atomic E-state index is -0.750. The van der Waals surface area contributed by atoms with E-state index >= 15 is 0 Å². The first-order valence-corrected chi connectivity index (χ1v) is 3.29. The highest BCUT2D eigenvalue weighted by Gasteiger charge is 2.14. The Labute approximate surface area is 65.3 Å². The summed E-state index contributed by atoms with van der Waals surface area (Å²) < 4.78 is 0. The van der Waals surface area contributed by atoms with Crippen molar-refractivity contribution in [1.29, 1.82) is 0 Å². The number of carbonyl (C=O) groups excluding carboxylic acids is 2. The highest BCUT2D eigenvalue weighted by atomic mass is 16.2. The van der Waals surface area contributed by atoms with Gasteiger partial charge < -0.3 is 16.4 Å². The molecular formula is C6H13N3O2. The summed E-state index contributed by atoms with van der Waals surface area (Å²) >= 11 is 0. The summed E-state index contributed by atoms with van der Waals surface area (Å²) in [6, 6.07) is -0.750. The molecule has 11 heavy (non-hydrogen) atoms. The third-order valence-electron chi connectivity index (χ3n) is 1.27. The van der Waals surface area contributed by atoms with Crippen molar-refractivity contribution in [2.45, 2.75) is 12.5 Å². The molecule has 0 aromatic heterocycles. The van der Waals surface area contributed by atoms with Crippen molar-refractivity contribution in [3.8, 4) is 0 Å². The van der Waals surface area contributed by atoms with Crippen LogP contribution in [0.2, 0.25) is 0 Å². The largest absolute Gasteiger partial charge is 0.359 e. The standard InChI is InChI=1S/C6H13N3O2/c1-8-5(10)3-4(7)6(11)9-2/h4H,3,7H2,1-2H3,(H,8,10)(H,9,11)/t4-/m0/s1. The Morgan fingerprint density at radius 3 is 2.27 bits per heavy atom. The Morgan fingerprint density at radius 2 is 1.91 bits per heavy atom. The zero-order valence-corrected chi connectivity index (χ0v) is 6.68. The number of hydrogen-bond acceptors (Lipinski definition) is 3. The van der Waals surface area contributed by atoms with Crippen LogP contribution >= 0.6 is 0 Å². The van der Waals surface area contributed by atoms with E-state index in [-0.39, 0.29) is 18.2 Å². The van der Waals surface area contributed by atoms with Crippen molar-refractivity contribution >= 4 is 11.8 Å². The molecule has 4 N–H and O–H groups in total. The molecule has 5 heteroatoms. The molecule has 0 aliphatic carbocycles. The monoisotopic (exact) mass is 159 g/mol. The van der Waals surface area contributed by atoms with Crippen LogP contribution in [-0.2, 0) is 9.59 Å². The van der Waals surface area contributed by atoms with Crippen LogP contribution in [0.5, 0.6) is 0 Å². The fourth-order valence-electron chi connectivity index (χ4n) is 0.580. The predicted octanol–water partition coefficient (Wildman–Crippen LogP) is -1.80. The molecule has 0 heterocycles. The van der Waals surface area contributed by atoms with Crippen LogP contribution in [0, 0.1) is 0 Å². The Bertz CT molecular complexity index is 158. The van der Waals surface area contributed by atoms with Crippen molar-refractivity contribution < 1.29 is 9.59 Å². The summed E-state index contributed by atoms with van der Waals surface area (Å²) in [6.45, 7) is 0. The van der Waals surface area contributed by atoms with Gasteiger partial charge in [-0.15, -0.1) is 0 Å². The lowest BCUT2D eigenvalue weighted by molar-refractivity contribution is -0.127. The zero-order valence-electron chi connectivity index (χ0n) is 6.68. The van der Waals surface area contributed by atoms with Gasteiger partial charge in [0.05, 0.1) is 12.5 Å². The van der Waals surface area contributed by atoms with Crippen LogP contribution in [0.3, 0.4) is 0 Å². The molecule has 0 aliphatic rings. The lowest BCUT2D eigenvalue weighted by atomic mass is 10.2. The van der Waals surface area contributed by atoms with E-state index in [0.29, 0.717) is 0 Å². The number of amides is 2. The second-order valence-electron chi connectivity index (χ2n) is 2.10. The maximum atomic E-state index is 10.7. The third-order valence-corrected chi connectivity index (χ3v) is 1.27. The van der Waals surface area contributed by atoms with Gasteiger partial charge in [-0.05, 0) is 0 Å². The lowest BCUT2D eigenvalue weighted by Crippen LogP contribution is -2.41. The molecule has 0 radical (unpaired) electrons. The quantitative estimate of drug-likeness (QED) is 0.454. The summed E-state index contributed by atoms with van der Waals surface area (Å²) in [6.07, 6.45) is 0.0240. The molecule has 0 aromatic rings. The van der Waals surface area contributed by atoms with E-state index in [1.54, 1.807) is 0 Å². The molecule has 0 fully saturated rings. The van der Waals surface area contributed by atoms with Gasteiger partial charge in [-0.2, -0.15) is 0 Å². The molecule has 2 amide bonds. The maximum absolute atomic E-state index is 10.7. The normalized spacial score (nSPS) is 11.9. The number of nitrogens with two attached hydrogens (primary N) is 1. The van der Waals surface area contributed by atoms with Gasteiger partial charge in [0.25, 0.3) is 0 Å². The molecule has 0 saturated heterocycles. The molecule has 0 aliphatic heterocycles. The molecule has 0 rings (SSSR count). The summed E-state index contributed by atoms with van der Waals surface area (Å²) in [5, 5.41) is 4.73. The number of hydrogen-bond donors (Lipinski definition) is 3. The van der Waals surface area contributed by atoms with Gasteiger partial charge in [-0.25, -0.2) is 0 Å². The van der Waals surface area contributed by atoms with Gasteiger partial charge in [0.2, 0.25) is 11.8 Å². The summed E-state index contributed by atoms with van der Waals surface area (Å²) in [5.41, 5.74) is 5.33. The first kappa shape index (κ1) is 9.90. The van der Waals surface area contributed by atoms with Gasteiger partial charge in [-0.1, -0.05) is 0 Å². The second kappa shape index (κ2) is 4.68. The Kier molecular flexibility index (Phi) is 4.21. The van der Waals surface area contributed by atoms with E-state index in [1.165, 1.54) is 14.1 Å². The number of likely N-dealkylation sites (N-methyl/N-ethyl adjacent to an activating group) is 1. The summed E-state index contributed by atoms with van der Waals surface area (Å²) in [5.74, 6) is -0.560. The second-order valence-corrected chi connectivity index (χ2v) is 2.10. The van der Waals surface area contributed by atoms with Crippen molar-refractivity contribution in [3.63, 3.8) is 0 Å². The molecule has 0 bridgehead atoms. The molecule has 1 atom stereocenters. The average molecular weight is 159 g/mol. The van der Waals surface area contributed by atoms with E-state index in [1.807, 2.05) is 0 Å². The Morgan fingerprint density at radius 1 is 1.36 bits per heavy atom. The van der Waals surface area contributed by atoms with E-state index < -0.39 is 6.04 Å². The SMILES string of the molecule is CNC(=O)C[C@H](N)C(=O)NC. The highest BCUT2D eigenvalue weighted by Crippen LogP contribution is 1.86. The number of nitrogens with one attached hydrogen (secondary N) is 2. The molecule has 0 unspecified atom stereocenters. The minimum absolute atomic E-state index is 0.0240. The fourth-order valence-corrected chi connectivity index (χ4v) is 0.580. The van der Waals surface area contributed by atoms with E-state index in [9.17, 15) is 9.59 Å². The first-order chi connectivity index (χ1) is 5.11. The van der Waals surface area contributed by atoms with Crippen molar-refractivity contribution in [1.82, 2.24) is 10.6 Å². The van der Waals surface area contributed by atoms with Crippen LogP contribution in [0.15, 0.2) is 0 Å². The van der Waals surface area contributed by atoms with Gasteiger partial charge in [0.15, 0.2) is 0 Å². The molecule has 0 saturated carbocycles. The molecule has 5 nitrogen and oxygen atoms in total. The Balaban J connectivity index is 3.77. The fraction of sp³-hybridized carbons (Fsp3) is 0.667. The smallest absolute Gasteiger partial charge is 0.237 e. The van der Waals surface area contributed by atoms with Crippen LogP contribution in [-0.4, -0.2) is 32.0 Å². The molecule has 0 spiro atoms. The number of carbonyl (C=O) groups is 2. The number of rotatable bonds is 3. The average Bonchev–Trinajstić information content (AvgIpc) is 2.02. The molecule has 0 aromatic carbocycles. The van der Waals surface area contributed by atoms with Gasteiger partial charge in [0.1, 0.15) is 0 Å². The van der Waals surface area contributed by atoms with Crippen LogP contribution < -0.4 is 16.4 Å². The van der Waals surface area contributed by atoms with Crippen LogP contribution in [0.25, 0.3) is 0 Å². The third kappa shape index (κ3) is 3.57. The Hall–Kier alpha value is -1.10. The zero-order chi connectivity index (χ0) is 8.85. The first-order valence-electron chi connectivity index (χ1n) is 3.29. The lowest BCUT2D eigenvalue weighted by Gasteiger charge is -2.07. The summed E-state index contributed by atoms with van der Waals surface area (Å²) in [7, 11) is 2.98. The van der Waals surface area contributed by atoms with Crippen LogP contribution in [0.1, 0.15) is 6.42 Å². The van der Waals surface area contributed by atoms with Gasteiger partial charge in [0, 0.05) is 14.1 Å². The molecule has 64 valence electrons. The predicted molar refractivity (Wildman–Crippen MR) is 40.7 cm³/mol. The topological polar surface area (TPSA) is 84.2 Å². The van der Waals surface area contributed by atoms with Crippen molar-refractivity contribution in [2.75, 3.05) is 14.1 Å². The van der Waals surface area contributed by atoms with Gasteiger partial charge in [-0.3, -0.25) is 9.59 Å². The van der Waals surface area contributed by atoms with Crippen molar-refractivity contribution in [2.24, 2.45) is 5.73 Å². The highest BCUT2D eigenvalue weighted by molar-refractivity contribution is 5.87. The molecular weight excluding hydrogens is 146 g/mol. The van der Waals surface area contributed by atoms with Crippen molar-refractivity contribution in [3.05, 3.63) is 0 Å². The summed E-state index contributed by atoms with van der Waals surface area (Å²) in [4.78, 5) is 21.4. The maximum Gasteiger partial charge on any atom is 0.237 e. The van der Waals surface area contributed by atoms with Crippen LogP contribution in [0.4, 0.5) is 0 Å². The van der Waals surface area contributed by atoms with Gasteiger partial charge >= 0.3 is 0 Å². The van der Waals surface area contributed by atoms with E-state index in [4.69, 9.17) is 5.73 Å². The minimum Gasteiger partial charge on any atom is -0.359 e. The van der Waals surface area contributed by atoms with E-state index in [2.05, 4.69) is 10.6 Å².